The zero-order valence-corrected chi connectivity index (χ0v) is 8.70. The Labute approximate surface area is 84.8 Å². The summed E-state index contributed by atoms with van der Waals surface area (Å²) in [6.45, 7) is 2.61. The van der Waals surface area contributed by atoms with Crippen molar-refractivity contribution in [3.63, 3.8) is 0 Å². The van der Waals surface area contributed by atoms with Crippen LogP contribution in [0.15, 0.2) is 0 Å². The lowest BCUT2D eigenvalue weighted by molar-refractivity contribution is -0.121. The molecule has 3 atom stereocenters. The molecule has 0 aromatic rings. The van der Waals surface area contributed by atoms with E-state index in [9.17, 15) is 4.79 Å². The standard InChI is InChI=1S/C10H19N3O/c1-12-10(14)6-13-4-7-2-3-9(11)8(7)5-13/h7-9H,2-6,11H2,1H3,(H,12,14). The molecular formula is C10H19N3O. The van der Waals surface area contributed by atoms with Gasteiger partial charge in [0.05, 0.1) is 6.54 Å². The van der Waals surface area contributed by atoms with Crippen molar-refractivity contribution < 1.29 is 4.79 Å². The number of likely N-dealkylation sites (tertiary alicyclic amines) is 1. The number of likely N-dealkylation sites (N-methyl/N-ethyl adjacent to an activating group) is 1. The van der Waals surface area contributed by atoms with Gasteiger partial charge >= 0.3 is 0 Å². The molecule has 0 radical (unpaired) electrons. The van der Waals surface area contributed by atoms with Gasteiger partial charge in [-0.3, -0.25) is 9.69 Å². The van der Waals surface area contributed by atoms with E-state index >= 15 is 0 Å². The first kappa shape index (κ1) is 9.93. The van der Waals surface area contributed by atoms with Gasteiger partial charge < -0.3 is 11.1 Å². The second-order valence-electron chi connectivity index (χ2n) is 4.53. The van der Waals surface area contributed by atoms with Gasteiger partial charge in [0, 0.05) is 26.2 Å². The van der Waals surface area contributed by atoms with Crippen LogP contribution >= 0.6 is 0 Å². The highest BCUT2D eigenvalue weighted by Gasteiger charge is 2.40. The summed E-state index contributed by atoms with van der Waals surface area (Å²) in [5, 5.41) is 2.66. The molecule has 2 rings (SSSR count). The minimum absolute atomic E-state index is 0.110. The average Bonchev–Trinajstić information content (AvgIpc) is 2.69. The molecule has 0 aromatic carbocycles. The van der Waals surface area contributed by atoms with Crippen LogP contribution in [0.5, 0.6) is 0 Å². The van der Waals surface area contributed by atoms with Crippen molar-refractivity contribution in [3.8, 4) is 0 Å². The summed E-state index contributed by atoms with van der Waals surface area (Å²) in [5.41, 5.74) is 6.02. The molecule has 1 aliphatic heterocycles. The number of nitrogens with two attached hydrogens (primary N) is 1. The van der Waals surface area contributed by atoms with Gasteiger partial charge in [-0.05, 0) is 24.7 Å². The maximum atomic E-state index is 11.2. The summed E-state index contributed by atoms with van der Waals surface area (Å²) >= 11 is 0. The zero-order chi connectivity index (χ0) is 10.1. The van der Waals surface area contributed by atoms with Crippen LogP contribution in [0.4, 0.5) is 0 Å². The van der Waals surface area contributed by atoms with Crippen LogP contribution in [-0.2, 0) is 4.79 Å². The quantitative estimate of drug-likeness (QED) is 0.621. The number of rotatable bonds is 2. The molecule has 14 heavy (non-hydrogen) atoms. The van der Waals surface area contributed by atoms with E-state index in [0.29, 0.717) is 18.5 Å². The Bertz CT molecular complexity index is 231. The van der Waals surface area contributed by atoms with E-state index in [2.05, 4.69) is 10.2 Å². The molecule has 1 saturated heterocycles. The molecule has 0 spiro atoms. The predicted octanol–water partition coefficient (Wildman–Crippen LogP) is -0.598. The molecule has 1 amide bonds. The van der Waals surface area contributed by atoms with E-state index in [-0.39, 0.29) is 5.91 Å². The number of nitrogens with one attached hydrogen (secondary N) is 1. The highest BCUT2D eigenvalue weighted by atomic mass is 16.1. The van der Waals surface area contributed by atoms with Gasteiger partial charge in [0.25, 0.3) is 0 Å². The fraction of sp³-hybridized carbons (Fsp3) is 0.900. The minimum atomic E-state index is 0.110. The Hall–Kier alpha value is -0.610. The molecule has 2 fully saturated rings. The van der Waals surface area contributed by atoms with Crippen LogP contribution in [0.1, 0.15) is 12.8 Å². The Morgan fingerprint density at radius 2 is 2.29 bits per heavy atom. The summed E-state index contributed by atoms with van der Waals surface area (Å²) in [5.74, 6) is 1.49. The predicted molar refractivity (Wildman–Crippen MR) is 54.7 cm³/mol. The molecule has 4 nitrogen and oxygen atoms in total. The van der Waals surface area contributed by atoms with Gasteiger partial charge in [-0.25, -0.2) is 0 Å². The van der Waals surface area contributed by atoms with E-state index in [1.54, 1.807) is 7.05 Å². The zero-order valence-electron chi connectivity index (χ0n) is 8.70. The molecule has 1 heterocycles. The van der Waals surface area contributed by atoms with Crippen molar-refractivity contribution >= 4 is 5.91 Å². The number of hydrogen-bond donors (Lipinski definition) is 2. The van der Waals surface area contributed by atoms with Crippen molar-refractivity contribution in [2.24, 2.45) is 17.6 Å². The van der Waals surface area contributed by atoms with Gasteiger partial charge in [-0.2, -0.15) is 0 Å². The van der Waals surface area contributed by atoms with Gasteiger partial charge in [0.2, 0.25) is 5.91 Å². The Balaban J connectivity index is 1.86. The molecule has 80 valence electrons. The Kier molecular flexibility index (Phi) is 2.74. The van der Waals surface area contributed by atoms with E-state index < -0.39 is 0 Å². The number of hydrogen-bond acceptors (Lipinski definition) is 3. The first-order valence-electron chi connectivity index (χ1n) is 5.39. The van der Waals surface area contributed by atoms with E-state index in [1.807, 2.05) is 0 Å². The maximum absolute atomic E-state index is 11.2. The van der Waals surface area contributed by atoms with E-state index in [1.165, 1.54) is 12.8 Å². The molecular weight excluding hydrogens is 178 g/mol. The third-order valence-corrected chi connectivity index (χ3v) is 3.63. The van der Waals surface area contributed by atoms with Crippen molar-refractivity contribution in [2.75, 3.05) is 26.7 Å². The van der Waals surface area contributed by atoms with Crippen LogP contribution in [0.25, 0.3) is 0 Å². The smallest absolute Gasteiger partial charge is 0.233 e. The van der Waals surface area contributed by atoms with Crippen LogP contribution in [0.3, 0.4) is 0 Å². The van der Waals surface area contributed by atoms with Crippen molar-refractivity contribution in [3.05, 3.63) is 0 Å². The van der Waals surface area contributed by atoms with Crippen molar-refractivity contribution in [1.29, 1.82) is 0 Å². The van der Waals surface area contributed by atoms with Crippen LogP contribution in [0.2, 0.25) is 0 Å². The van der Waals surface area contributed by atoms with Crippen LogP contribution in [-0.4, -0.2) is 43.5 Å². The molecule has 4 heteroatoms. The summed E-state index contributed by atoms with van der Waals surface area (Å²) in [6, 6.07) is 0.370. The third kappa shape index (κ3) is 1.77. The molecule has 0 aromatic heterocycles. The number of carbonyl (C=O) groups is 1. The van der Waals surface area contributed by atoms with Crippen molar-refractivity contribution in [1.82, 2.24) is 10.2 Å². The molecule has 3 N–H and O–H groups in total. The molecule has 2 aliphatic rings. The highest BCUT2D eigenvalue weighted by Crippen LogP contribution is 2.36. The van der Waals surface area contributed by atoms with Crippen molar-refractivity contribution in [2.45, 2.75) is 18.9 Å². The largest absolute Gasteiger partial charge is 0.358 e. The lowest BCUT2D eigenvalue weighted by Gasteiger charge is -2.16. The highest BCUT2D eigenvalue weighted by molar-refractivity contribution is 5.77. The van der Waals surface area contributed by atoms with Crippen LogP contribution in [0, 0.1) is 11.8 Å². The van der Waals surface area contributed by atoms with Gasteiger partial charge in [-0.1, -0.05) is 0 Å². The lowest BCUT2D eigenvalue weighted by Crippen LogP contribution is -2.36. The Morgan fingerprint density at radius 1 is 1.50 bits per heavy atom. The number of carbonyl (C=O) groups excluding carboxylic acids is 1. The van der Waals surface area contributed by atoms with E-state index in [4.69, 9.17) is 5.73 Å². The molecule has 1 aliphatic carbocycles. The second kappa shape index (κ2) is 3.87. The third-order valence-electron chi connectivity index (χ3n) is 3.63. The minimum Gasteiger partial charge on any atom is -0.358 e. The number of amides is 1. The van der Waals surface area contributed by atoms with Crippen LogP contribution < -0.4 is 11.1 Å². The van der Waals surface area contributed by atoms with Gasteiger partial charge in [0.1, 0.15) is 0 Å². The number of fused-ring (bicyclic) bond motifs is 1. The van der Waals surface area contributed by atoms with E-state index in [0.717, 1.165) is 19.0 Å². The fourth-order valence-electron chi connectivity index (χ4n) is 2.81. The SMILES string of the molecule is CNC(=O)CN1CC2CCC(N)C2C1. The summed E-state index contributed by atoms with van der Waals surface area (Å²) in [7, 11) is 1.69. The van der Waals surface area contributed by atoms with Gasteiger partial charge in [0.15, 0.2) is 0 Å². The first-order chi connectivity index (χ1) is 6.70. The lowest BCUT2D eigenvalue weighted by atomic mass is 9.98. The number of nitrogens with zero attached hydrogens (tertiary/aromatic N) is 1. The summed E-state index contributed by atoms with van der Waals surface area (Å²) in [4.78, 5) is 13.4. The second-order valence-corrected chi connectivity index (χ2v) is 4.53. The average molecular weight is 197 g/mol. The van der Waals surface area contributed by atoms with Gasteiger partial charge in [-0.15, -0.1) is 0 Å². The topological polar surface area (TPSA) is 58.4 Å². The summed E-state index contributed by atoms with van der Waals surface area (Å²) < 4.78 is 0. The normalized spacial score (nSPS) is 37.1. The monoisotopic (exact) mass is 197 g/mol. The maximum Gasteiger partial charge on any atom is 0.233 e. The molecule has 3 unspecified atom stereocenters. The Morgan fingerprint density at radius 3 is 2.93 bits per heavy atom. The molecule has 1 saturated carbocycles. The molecule has 0 bridgehead atoms. The first-order valence-corrected chi connectivity index (χ1v) is 5.39. The fourth-order valence-corrected chi connectivity index (χ4v) is 2.81. The summed E-state index contributed by atoms with van der Waals surface area (Å²) in [6.07, 6.45) is 2.42.